The molecule has 0 radical (unpaired) electrons. The van der Waals surface area contributed by atoms with Crippen LogP contribution in [0.1, 0.15) is 31.8 Å². The molecule has 1 heterocycles. The molecule has 0 aliphatic heterocycles. The Balaban J connectivity index is 1.58. The van der Waals surface area contributed by atoms with Gasteiger partial charge in [-0.2, -0.15) is 0 Å². The van der Waals surface area contributed by atoms with Crippen LogP contribution in [0.5, 0.6) is 0 Å². The fourth-order valence-electron chi connectivity index (χ4n) is 3.55. The van der Waals surface area contributed by atoms with E-state index in [1.165, 1.54) is 13.2 Å². The highest BCUT2D eigenvalue weighted by Crippen LogP contribution is 2.25. The number of rotatable bonds is 6. The molecule has 1 N–H and O–H groups in total. The number of carbonyl (C=O) groups excluding carboxylic acids is 2. The van der Waals surface area contributed by atoms with Gasteiger partial charge in [-0.1, -0.05) is 35.9 Å². The summed E-state index contributed by atoms with van der Waals surface area (Å²) >= 11 is 5.96. The van der Waals surface area contributed by atoms with E-state index < -0.39 is 17.7 Å². The van der Waals surface area contributed by atoms with Gasteiger partial charge in [-0.25, -0.2) is 9.18 Å². The van der Waals surface area contributed by atoms with Gasteiger partial charge < -0.3 is 14.6 Å². The number of aromatic nitrogens is 1. The summed E-state index contributed by atoms with van der Waals surface area (Å²) < 4.78 is 21.3. The van der Waals surface area contributed by atoms with Gasteiger partial charge in [-0.3, -0.25) is 4.79 Å². The number of fused-ring (bicyclic) bond motifs is 1. The fraction of sp³-hybridized carbons (Fsp3) is 0.120. The largest absolute Gasteiger partial charge is 0.465 e. The first-order chi connectivity index (χ1) is 15.5. The van der Waals surface area contributed by atoms with Gasteiger partial charge >= 0.3 is 5.97 Å². The molecule has 1 amide bonds. The van der Waals surface area contributed by atoms with Crippen molar-refractivity contribution in [1.82, 2.24) is 9.88 Å². The van der Waals surface area contributed by atoms with Crippen molar-refractivity contribution in [3.05, 3.63) is 106 Å². The van der Waals surface area contributed by atoms with Crippen molar-refractivity contribution in [2.24, 2.45) is 0 Å². The van der Waals surface area contributed by atoms with Gasteiger partial charge in [0.25, 0.3) is 5.91 Å². The minimum atomic E-state index is -0.591. The summed E-state index contributed by atoms with van der Waals surface area (Å²) in [6.07, 6.45) is 1.83. The topological polar surface area (TPSA) is 60.3 Å². The summed E-state index contributed by atoms with van der Waals surface area (Å²) in [5.74, 6) is -1.54. The predicted octanol–water partition coefficient (Wildman–Crippen LogP) is 5.20. The van der Waals surface area contributed by atoms with Crippen LogP contribution in [0.2, 0.25) is 5.02 Å². The average molecular weight is 451 g/mol. The first-order valence-electron chi connectivity index (χ1n) is 9.93. The lowest BCUT2D eigenvalue weighted by Crippen LogP contribution is -2.24. The molecule has 162 valence electrons. The summed E-state index contributed by atoms with van der Waals surface area (Å²) in [6, 6.07) is 18.9. The molecule has 0 fully saturated rings. The van der Waals surface area contributed by atoms with Gasteiger partial charge in [-0.15, -0.1) is 0 Å². The van der Waals surface area contributed by atoms with Gasteiger partial charge in [0.1, 0.15) is 5.82 Å². The molecule has 0 bridgehead atoms. The minimum Gasteiger partial charge on any atom is -0.465 e. The minimum absolute atomic E-state index is 0.00681. The molecule has 1 aromatic heterocycles. The molecule has 0 aliphatic rings. The van der Waals surface area contributed by atoms with E-state index in [0.717, 1.165) is 16.5 Å². The standard InChI is InChI=1S/C25H20ClFN2O3/c1-32-25(31)19-6-2-16(3-7-19)14-28-24(30)22-21(27)11-8-18-12-13-29(23(18)22)15-17-4-9-20(26)10-5-17/h2-13H,14-15H2,1H3,(H,28,30). The van der Waals surface area contributed by atoms with Crippen LogP contribution in [0, 0.1) is 5.82 Å². The molecule has 0 saturated carbocycles. The Morgan fingerprint density at radius 2 is 1.66 bits per heavy atom. The number of esters is 1. The molecular formula is C25H20ClFN2O3. The van der Waals surface area contributed by atoms with Crippen molar-refractivity contribution >= 4 is 34.4 Å². The zero-order valence-corrected chi connectivity index (χ0v) is 18.0. The third-order valence-electron chi connectivity index (χ3n) is 5.20. The van der Waals surface area contributed by atoms with Crippen LogP contribution >= 0.6 is 11.6 Å². The third kappa shape index (κ3) is 4.50. The molecule has 0 aliphatic carbocycles. The second-order valence-electron chi connectivity index (χ2n) is 7.30. The summed E-state index contributed by atoms with van der Waals surface area (Å²) in [4.78, 5) is 24.5. The van der Waals surface area contributed by atoms with E-state index in [-0.39, 0.29) is 12.1 Å². The summed E-state index contributed by atoms with van der Waals surface area (Å²) in [5.41, 5.74) is 2.69. The average Bonchev–Trinajstić information content (AvgIpc) is 3.21. The molecule has 0 saturated heterocycles. The van der Waals surface area contributed by atoms with Gasteiger partial charge in [0.2, 0.25) is 0 Å². The SMILES string of the molecule is COC(=O)c1ccc(CNC(=O)c2c(F)ccc3ccn(Cc4ccc(Cl)cc4)c23)cc1. The Labute approximate surface area is 189 Å². The Kier molecular flexibility index (Phi) is 6.23. The number of carbonyl (C=O) groups is 2. The second kappa shape index (κ2) is 9.24. The molecule has 4 aromatic rings. The number of amides is 1. The van der Waals surface area contributed by atoms with Crippen LogP contribution in [-0.2, 0) is 17.8 Å². The molecule has 3 aromatic carbocycles. The second-order valence-corrected chi connectivity index (χ2v) is 7.74. The number of ether oxygens (including phenoxy) is 1. The maximum Gasteiger partial charge on any atom is 0.337 e. The van der Waals surface area contributed by atoms with Crippen LogP contribution in [0.3, 0.4) is 0 Å². The first kappa shape index (κ1) is 21.6. The van der Waals surface area contributed by atoms with Crippen molar-refractivity contribution in [1.29, 1.82) is 0 Å². The van der Waals surface area contributed by atoms with Crippen molar-refractivity contribution in [2.45, 2.75) is 13.1 Å². The Morgan fingerprint density at radius 1 is 0.969 bits per heavy atom. The van der Waals surface area contributed by atoms with Crippen molar-refractivity contribution in [3.63, 3.8) is 0 Å². The van der Waals surface area contributed by atoms with E-state index in [2.05, 4.69) is 10.1 Å². The molecule has 32 heavy (non-hydrogen) atoms. The third-order valence-corrected chi connectivity index (χ3v) is 5.45. The Morgan fingerprint density at radius 3 is 2.34 bits per heavy atom. The first-order valence-corrected chi connectivity index (χ1v) is 10.3. The fourth-order valence-corrected chi connectivity index (χ4v) is 3.68. The summed E-state index contributed by atoms with van der Waals surface area (Å²) in [6.45, 7) is 0.660. The van der Waals surface area contributed by atoms with Gasteiger partial charge in [0, 0.05) is 29.7 Å². The maximum absolute atomic E-state index is 14.8. The molecular weight excluding hydrogens is 431 g/mol. The Bertz CT molecular complexity index is 1280. The zero-order valence-electron chi connectivity index (χ0n) is 17.3. The highest BCUT2D eigenvalue weighted by Gasteiger charge is 2.19. The van der Waals surface area contributed by atoms with Gasteiger partial charge in [0.05, 0.1) is 23.8 Å². The molecule has 4 rings (SSSR count). The molecule has 0 unspecified atom stereocenters. The number of hydrogen-bond donors (Lipinski definition) is 1. The molecule has 7 heteroatoms. The van der Waals surface area contributed by atoms with Crippen molar-refractivity contribution in [3.8, 4) is 0 Å². The monoisotopic (exact) mass is 450 g/mol. The zero-order chi connectivity index (χ0) is 22.7. The number of nitrogens with one attached hydrogen (secondary N) is 1. The number of methoxy groups -OCH3 is 1. The van der Waals surface area contributed by atoms with Crippen LogP contribution in [0.4, 0.5) is 4.39 Å². The number of benzene rings is 3. The van der Waals surface area contributed by atoms with Gasteiger partial charge in [-0.05, 0) is 53.6 Å². The van der Waals surface area contributed by atoms with E-state index >= 15 is 0 Å². The quantitative estimate of drug-likeness (QED) is 0.411. The lowest BCUT2D eigenvalue weighted by Gasteiger charge is -2.12. The number of nitrogens with zero attached hydrogens (tertiary/aromatic N) is 1. The predicted molar refractivity (Wildman–Crippen MR) is 121 cm³/mol. The number of hydrogen-bond acceptors (Lipinski definition) is 3. The van der Waals surface area contributed by atoms with Crippen LogP contribution < -0.4 is 5.32 Å². The lowest BCUT2D eigenvalue weighted by molar-refractivity contribution is 0.0600. The molecule has 0 spiro atoms. The Hall–Kier alpha value is -3.64. The van der Waals surface area contributed by atoms with Crippen LogP contribution in [-0.4, -0.2) is 23.6 Å². The highest BCUT2D eigenvalue weighted by molar-refractivity contribution is 6.30. The van der Waals surface area contributed by atoms with Crippen LogP contribution in [0.15, 0.2) is 72.9 Å². The van der Waals surface area contributed by atoms with E-state index in [0.29, 0.717) is 22.6 Å². The molecule has 0 atom stereocenters. The van der Waals surface area contributed by atoms with Crippen molar-refractivity contribution < 1.29 is 18.7 Å². The van der Waals surface area contributed by atoms with E-state index in [1.807, 2.05) is 29.0 Å². The summed E-state index contributed by atoms with van der Waals surface area (Å²) in [5, 5.41) is 4.18. The van der Waals surface area contributed by atoms with E-state index in [4.69, 9.17) is 11.6 Å². The van der Waals surface area contributed by atoms with E-state index in [1.54, 1.807) is 42.5 Å². The van der Waals surface area contributed by atoms with Crippen LogP contribution in [0.25, 0.3) is 10.9 Å². The highest BCUT2D eigenvalue weighted by atomic mass is 35.5. The van der Waals surface area contributed by atoms with E-state index in [9.17, 15) is 14.0 Å². The molecule has 5 nitrogen and oxygen atoms in total. The number of halogens is 2. The lowest BCUT2D eigenvalue weighted by atomic mass is 10.1. The summed E-state index contributed by atoms with van der Waals surface area (Å²) in [7, 11) is 1.31. The normalized spacial score (nSPS) is 10.8. The van der Waals surface area contributed by atoms with Gasteiger partial charge in [0.15, 0.2) is 0 Å². The smallest absolute Gasteiger partial charge is 0.337 e. The maximum atomic E-state index is 14.8. The van der Waals surface area contributed by atoms with Crippen molar-refractivity contribution in [2.75, 3.05) is 7.11 Å².